The summed E-state index contributed by atoms with van der Waals surface area (Å²) in [7, 11) is -2.94. The van der Waals surface area contributed by atoms with E-state index in [9.17, 15) is 4.57 Å². The first-order chi connectivity index (χ1) is 11.6. The minimum atomic E-state index is -2.94. The number of rotatable bonds is 5. The van der Waals surface area contributed by atoms with Crippen LogP contribution in [-0.4, -0.2) is 0 Å². The van der Waals surface area contributed by atoms with Gasteiger partial charge in [-0.2, -0.15) is 0 Å². The highest BCUT2D eigenvalue weighted by atomic mass is 35.5. The molecule has 122 valence electrons. The predicted molar refractivity (Wildman–Crippen MR) is 103 cm³/mol. The average molecular weight is 356 g/mol. The lowest BCUT2D eigenvalue weighted by atomic mass is 10.1. The molecule has 4 heteroatoms. The Labute approximate surface area is 147 Å². The molecule has 0 aliphatic carbocycles. The number of nitrogens with one attached hydrogen (secondary N) is 1. The molecule has 0 spiro atoms. The summed E-state index contributed by atoms with van der Waals surface area (Å²) in [5, 5.41) is 5.67. The van der Waals surface area contributed by atoms with Crippen molar-refractivity contribution < 1.29 is 4.57 Å². The Morgan fingerprint density at radius 3 is 1.71 bits per heavy atom. The van der Waals surface area contributed by atoms with Crippen molar-refractivity contribution in [3.05, 3.63) is 95.5 Å². The van der Waals surface area contributed by atoms with Crippen LogP contribution in [0.15, 0.2) is 84.9 Å². The van der Waals surface area contributed by atoms with Gasteiger partial charge in [0.15, 0.2) is 0 Å². The van der Waals surface area contributed by atoms with Crippen LogP contribution in [0, 0.1) is 0 Å². The number of halogens is 1. The Morgan fingerprint density at radius 1 is 0.792 bits per heavy atom. The number of benzene rings is 3. The molecule has 1 N–H and O–H groups in total. The monoisotopic (exact) mass is 355 g/mol. The summed E-state index contributed by atoms with van der Waals surface area (Å²) in [6, 6.07) is 26.7. The molecule has 0 saturated heterocycles. The van der Waals surface area contributed by atoms with Crippen LogP contribution in [0.2, 0.25) is 5.02 Å². The molecule has 0 unspecified atom stereocenters. The molecular formula is C20H19ClNOP. The predicted octanol–water partition coefficient (Wildman–Crippen LogP) is 4.92. The van der Waals surface area contributed by atoms with Gasteiger partial charge in [-0.25, -0.2) is 0 Å². The highest BCUT2D eigenvalue weighted by Crippen LogP contribution is 2.41. The van der Waals surface area contributed by atoms with E-state index >= 15 is 0 Å². The zero-order valence-corrected chi connectivity index (χ0v) is 15.0. The molecule has 3 aromatic rings. The van der Waals surface area contributed by atoms with E-state index in [0.29, 0.717) is 5.02 Å². The quantitative estimate of drug-likeness (QED) is 0.658. The van der Waals surface area contributed by atoms with Gasteiger partial charge in [-0.05, 0) is 48.9 Å². The van der Waals surface area contributed by atoms with Crippen molar-refractivity contribution in [3.8, 4) is 0 Å². The van der Waals surface area contributed by atoms with Gasteiger partial charge in [0, 0.05) is 21.7 Å². The third-order valence-corrected chi connectivity index (χ3v) is 7.04. The zero-order valence-electron chi connectivity index (χ0n) is 13.4. The Balaban J connectivity index is 2.00. The maximum atomic E-state index is 13.9. The Kier molecular flexibility index (Phi) is 5.20. The molecule has 0 bridgehead atoms. The summed E-state index contributed by atoms with van der Waals surface area (Å²) in [5.41, 5.74) is 1.05. The molecule has 0 aromatic heterocycles. The zero-order chi connectivity index (χ0) is 17.0. The molecule has 0 heterocycles. The van der Waals surface area contributed by atoms with Gasteiger partial charge in [0.2, 0.25) is 7.29 Å². The molecule has 0 radical (unpaired) electrons. The van der Waals surface area contributed by atoms with E-state index in [1.165, 1.54) is 0 Å². The first-order valence-corrected chi connectivity index (χ1v) is 9.92. The SMILES string of the molecule is C[C@H](NP(=O)(c1ccccc1)c1ccccc1)c1ccc(Cl)cc1. The third kappa shape index (κ3) is 3.62. The molecule has 0 amide bonds. The lowest BCUT2D eigenvalue weighted by Gasteiger charge is -2.25. The van der Waals surface area contributed by atoms with E-state index in [1.807, 2.05) is 91.9 Å². The molecule has 24 heavy (non-hydrogen) atoms. The van der Waals surface area contributed by atoms with Gasteiger partial charge < -0.3 is 0 Å². The Bertz CT molecular complexity index is 791. The number of hydrogen-bond acceptors (Lipinski definition) is 1. The van der Waals surface area contributed by atoms with Crippen LogP contribution in [0.5, 0.6) is 0 Å². The summed E-state index contributed by atoms with van der Waals surface area (Å²) in [6.45, 7) is 2.02. The van der Waals surface area contributed by atoms with Gasteiger partial charge in [-0.3, -0.25) is 9.65 Å². The Hall–Kier alpha value is -1.86. The molecule has 0 fully saturated rings. The van der Waals surface area contributed by atoms with Crippen molar-refractivity contribution in [2.75, 3.05) is 0 Å². The van der Waals surface area contributed by atoms with Crippen LogP contribution < -0.4 is 15.7 Å². The molecule has 3 rings (SSSR count). The van der Waals surface area contributed by atoms with Gasteiger partial charge in [0.25, 0.3) is 0 Å². The van der Waals surface area contributed by atoms with E-state index < -0.39 is 7.29 Å². The fourth-order valence-electron chi connectivity index (χ4n) is 2.67. The smallest absolute Gasteiger partial charge is 0.205 e. The van der Waals surface area contributed by atoms with Crippen LogP contribution in [-0.2, 0) is 4.57 Å². The van der Waals surface area contributed by atoms with Crippen molar-refractivity contribution in [2.24, 2.45) is 0 Å². The van der Waals surface area contributed by atoms with Gasteiger partial charge in [0.1, 0.15) is 0 Å². The summed E-state index contributed by atoms with van der Waals surface area (Å²) < 4.78 is 13.9. The van der Waals surface area contributed by atoms with Gasteiger partial charge >= 0.3 is 0 Å². The summed E-state index contributed by atoms with van der Waals surface area (Å²) in [6.07, 6.45) is 0. The average Bonchev–Trinajstić information content (AvgIpc) is 2.63. The highest BCUT2D eigenvalue weighted by molar-refractivity contribution is 7.76. The molecule has 0 saturated carbocycles. The van der Waals surface area contributed by atoms with Gasteiger partial charge in [-0.1, -0.05) is 60.1 Å². The molecule has 0 aliphatic heterocycles. The summed E-state index contributed by atoms with van der Waals surface area (Å²) in [5.74, 6) is 0. The van der Waals surface area contributed by atoms with Crippen LogP contribution >= 0.6 is 18.9 Å². The molecule has 2 nitrogen and oxygen atoms in total. The molecule has 1 atom stereocenters. The van der Waals surface area contributed by atoms with E-state index in [4.69, 9.17) is 11.6 Å². The molecular weight excluding hydrogens is 337 g/mol. The van der Waals surface area contributed by atoms with E-state index in [1.54, 1.807) is 0 Å². The normalized spacial score (nSPS) is 12.8. The second kappa shape index (κ2) is 7.36. The summed E-state index contributed by atoms with van der Waals surface area (Å²) >= 11 is 5.97. The highest BCUT2D eigenvalue weighted by Gasteiger charge is 2.28. The fourth-order valence-corrected chi connectivity index (χ4v) is 5.27. The number of hydrogen-bond donors (Lipinski definition) is 1. The van der Waals surface area contributed by atoms with Crippen molar-refractivity contribution in [3.63, 3.8) is 0 Å². The summed E-state index contributed by atoms with van der Waals surface area (Å²) in [4.78, 5) is 0. The lowest BCUT2D eigenvalue weighted by molar-refractivity contribution is 0.568. The van der Waals surface area contributed by atoms with Crippen LogP contribution in [0.3, 0.4) is 0 Å². The minimum absolute atomic E-state index is 0.0755. The second-order valence-electron chi connectivity index (χ2n) is 5.68. The van der Waals surface area contributed by atoms with Gasteiger partial charge in [-0.15, -0.1) is 0 Å². The van der Waals surface area contributed by atoms with Crippen molar-refractivity contribution >= 4 is 29.5 Å². The van der Waals surface area contributed by atoms with E-state index in [2.05, 4.69) is 5.09 Å². The second-order valence-corrected chi connectivity index (χ2v) is 8.63. The maximum Gasteiger partial charge on any atom is 0.205 e. The van der Waals surface area contributed by atoms with Crippen LogP contribution in [0.4, 0.5) is 0 Å². The van der Waals surface area contributed by atoms with Crippen LogP contribution in [0.25, 0.3) is 0 Å². The van der Waals surface area contributed by atoms with Gasteiger partial charge in [0.05, 0.1) is 0 Å². The van der Waals surface area contributed by atoms with Crippen LogP contribution in [0.1, 0.15) is 18.5 Å². The van der Waals surface area contributed by atoms with Crippen molar-refractivity contribution in [1.29, 1.82) is 0 Å². The first kappa shape index (κ1) is 17.0. The van der Waals surface area contributed by atoms with E-state index in [-0.39, 0.29) is 6.04 Å². The minimum Gasteiger partial charge on any atom is -0.297 e. The fraction of sp³-hybridized carbons (Fsp3) is 0.100. The Morgan fingerprint density at radius 2 is 1.25 bits per heavy atom. The van der Waals surface area contributed by atoms with Crippen molar-refractivity contribution in [2.45, 2.75) is 13.0 Å². The standard InChI is InChI=1S/C20H19ClNOP/c1-16(17-12-14-18(21)15-13-17)22-24(23,19-8-4-2-5-9-19)20-10-6-3-7-11-20/h2-16H,1H3,(H,22,23)/t16-/m0/s1. The molecule has 3 aromatic carbocycles. The third-order valence-electron chi connectivity index (χ3n) is 3.99. The topological polar surface area (TPSA) is 29.1 Å². The molecule has 0 aliphatic rings. The maximum absolute atomic E-state index is 13.9. The largest absolute Gasteiger partial charge is 0.297 e. The first-order valence-electron chi connectivity index (χ1n) is 7.84. The lowest BCUT2D eigenvalue weighted by Crippen LogP contribution is -2.29. The van der Waals surface area contributed by atoms with E-state index in [0.717, 1.165) is 16.2 Å². The van der Waals surface area contributed by atoms with Crippen molar-refractivity contribution in [1.82, 2.24) is 5.09 Å².